The molecule has 1 unspecified atom stereocenters. The molecule has 0 aromatic heterocycles. The normalized spacial score (nSPS) is 12.2. The molecule has 1 atom stereocenters. The van der Waals surface area contributed by atoms with Crippen LogP contribution in [-0.4, -0.2) is 28.6 Å². The van der Waals surface area contributed by atoms with Crippen molar-refractivity contribution in [1.82, 2.24) is 0 Å². The van der Waals surface area contributed by atoms with Gasteiger partial charge in [-0.05, 0) is 49.3 Å². The maximum absolute atomic E-state index is 11.8. The predicted octanol–water partition coefficient (Wildman–Crippen LogP) is 2.80. The topological polar surface area (TPSA) is 75.3 Å². The molecule has 0 aliphatic carbocycles. The number of anilines is 2. The second-order valence-corrected chi connectivity index (χ2v) is 6.47. The summed E-state index contributed by atoms with van der Waals surface area (Å²) >= 11 is 1.80. The number of aryl methyl sites for hydroxylation is 1. The van der Waals surface area contributed by atoms with Crippen LogP contribution in [0.5, 0.6) is 0 Å². The number of carbonyl (C=O) groups is 1. The third kappa shape index (κ3) is 6.30. The minimum Gasteiger partial charge on any atom is -0.399 e. The highest BCUT2D eigenvalue weighted by Crippen LogP contribution is 2.19. The summed E-state index contributed by atoms with van der Waals surface area (Å²) in [6.07, 6.45) is 2.17. The SMILES string of the molecule is Cc1cc(N)ccc1NC(=O)CCCSC(C)CCO. The number of nitrogens with one attached hydrogen (secondary N) is 1. The lowest BCUT2D eigenvalue weighted by atomic mass is 10.1. The molecule has 0 saturated heterocycles. The fraction of sp³-hybridized carbons (Fsp3) is 0.533. The van der Waals surface area contributed by atoms with E-state index in [1.165, 1.54) is 0 Å². The quantitative estimate of drug-likeness (QED) is 0.509. The smallest absolute Gasteiger partial charge is 0.224 e. The van der Waals surface area contributed by atoms with E-state index in [0.717, 1.165) is 29.8 Å². The average molecular weight is 296 g/mol. The lowest BCUT2D eigenvalue weighted by Gasteiger charge is -2.10. The number of nitrogen functional groups attached to an aromatic ring is 1. The van der Waals surface area contributed by atoms with Crippen molar-refractivity contribution >= 4 is 29.0 Å². The molecule has 0 bridgehead atoms. The third-order valence-corrected chi connectivity index (χ3v) is 4.34. The molecule has 0 aliphatic rings. The molecule has 0 radical (unpaired) electrons. The van der Waals surface area contributed by atoms with E-state index in [-0.39, 0.29) is 12.5 Å². The molecule has 4 N–H and O–H groups in total. The fourth-order valence-corrected chi connectivity index (χ4v) is 2.81. The highest BCUT2D eigenvalue weighted by Gasteiger charge is 2.06. The van der Waals surface area contributed by atoms with Gasteiger partial charge in [0.25, 0.3) is 0 Å². The zero-order chi connectivity index (χ0) is 15.0. The van der Waals surface area contributed by atoms with E-state index in [4.69, 9.17) is 10.8 Å². The maximum atomic E-state index is 11.8. The maximum Gasteiger partial charge on any atom is 0.224 e. The highest BCUT2D eigenvalue weighted by molar-refractivity contribution is 7.99. The first-order valence-corrected chi connectivity index (χ1v) is 7.96. The van der Waals surface area contributed by atoms with Crippen LogP contribution in [0.4, 0.5) is 11.4 Å². The van der Waals surface area contributed by atoms with Crippen LogP contribution in [0.25, 0.3) is 0 Å². The van der Waals surface area contributed by atoms with Gasteiger partial charge in [-0.15, -0.1) is 0 Å². The molecule has 0 fully saturated rings. The molecule has 1 amide bonds. The summed E-state index contributed by atoms with van der Waals surface area (Å²) in [6, 6.07) is 5.47. The van der Waals surface area contributed by atoms with Crippen molar-refractivity contribution in [2.24, 2.45) is 0 Å². The van der Waals surface area contributed by atoms with Gasteiger partial charge < -0.3 is 16.2 Å². The Morgan fingerprint density at radius 2 is 2.25 bits per heavy atom. The van der Waals surface area contributed by atoms with Gasteiger partial charge in [-0.3, -0.25) is 4.79 Å². The van der Waals surface area contributed by atoms with E-state index in [0.29, 0.717) is 17.4 Å². The predicted molar refractivity (Wildman–Crippen MR) is 87.1 cm³/mol. The summed E-state index contributed by atoms with van der Waals surface area (Å²) in [5.41, 5.74) is 8.18. The van der Waals surface area contributed by atoms with Crippen LogP contribution in [0, 0.1) is 6.92 Å². The number of nitrogens with two attached hydrogens (primary N) is 1. The van der Waals surface area contributed by atoms with Gasteiger partial charge in [0.1, 0.15) is 0 Å². The monoisotopic (exact) mass is 296 g/mol. The van der Waals surface area contributed by atoms with Gasteiger partial charge in [0.2, 0.25) is 5.91 Å². The molecule has 0 aliphatic heterocycles. The summed E-state index contributed by atoms with van der Waals surface area (Å²) < 4.78 is 0. The van der Waals surface area contributed by atoms with E-state index in [1.54, 1.807) is 17.8 Å². The van der Waals surface area contributed by atoms with E-state index < -0.39 is 0 Å². The van der Waals surface area contributed by atoms with Crippen LogP contribution in [0.2, 0.25) is 0 Å². The fourth-order valence-electron chi connectivity index (χ4n) is 1.82. The lowest BCUT2D eigenvalue weighted by Crippen LogP contribution is -2.12. The first-order chi connectivity index (χ1) is 9.52. The summed E-state index contributed by atoms with van der Waals surface area (Å²) in [7, 11) is 0. The van der Waals surface area contributed by atoms with Crippen LogP contribution in [0.3, 0.4) is 0 Å². The van der Waals surface area contributed by atoms with Crippen molar-refractivity contribution in [1.29, 1.82) is 0 Å². The summed E-state index contributed by atoms with van der Waals surface area (Å²) in [6.45, 7) is 4.25. The van der Waals surface area contributed by atoms with Crippen molar-refractivity contribution in [3.8, 4) is 0 Å². The van der Waals surface area contributed by atoms with Crippen molar-refractivity contribution in [3.05, 3.63) is 23.8 Å². The molecule has 1 rings (SSSR count). The Morgan fingerprint density at radius 1 is 1.50 bits per heavy atom. The summed E-state index contributed by atoms with van der Waals surface area (Å²) in [5, 5.41) is 12.2. The number of thioether (sulfide) groups is 1. The van der Waals surface area contributed by atoms with Gasteiger partial charge in [0.15, 0.2) is 0 Å². The average Bonchev–Trinajstić information content (AvgIpc) is 2.38. The minimum absolute atomic E-state index is 0.0354. The molecule has 1 aromatic carbocycles. The Morgan fingerprint density at radius 3 is 2.90 bits per heavy atom. The number of aliphatic hydroxyl groups excluding tert-OH is 1. The number of aliphatic hydroxyl groups is 1. The van der Waals surface area contributed by atoms with Crippen LogP contribution in [0.1, 0.15) is 31.7 Å². The molecular formula is C15H24N2O2S. The number of benzene rings is 1. The van der Waals surface area contributed by atoms with E-state index in [2.05, 4.69) is 12.2 Å². The number of rotatable bonds is 8. The van der Waals surface area contributed by atoms with Gasteiger partial charge in [0.05, 0.1) is 0 Å². The Hall–Kier alpha value is -1.20. The Kier molecular flexibility index (Phi) is 7.47. The number of hydrogen-bond donors (Lipinski definition) is 3. The van der Waals surface area contributed by atoms with Gasteiger partial charge in [-0.1, -0.05) is 6.92 Å². The van der Waals surface area contributed by atoms with Crippen LogP contribution in [-0.2, 0) is 4.79 Å². The molecule has 0 saturated carbocycles. The van der Waals surface area contributed by atoms with Crippen LogP contribution in [0.15, 0.2) is 18.2 Å². The molecule has 4 nitrogen and oxygen atoms in total. The van der Waals surface area contributed by atoms with Crippen molar-refractivity contribution in [2.75, 3.05) is 23.4 Å². The molecule has 112 valence electrons. The van der Waals surface area contributed by atoms with Gasteiger partial charge >= 0.3 is 0 Å². The zero-order valence-corrected chi connectivity index (χ0v) is 13.0. The van der Waals surface area contributed by atoms with Crippen molar-refractivity contribution in [3.63, 3.8) is 0 Å². The van der Waals surface area contributed by atoms with Crippen LogP contribution < -0.4 is 11.1 Å². The molecule has 0 heterocycles. The van der Waals surface area contributed by atoms with Crippen molar-refractivity contribution in [2.45, 2.75) is 38.4 Å². The first kappa shape index (κ1) is 16.9. The molecule has 20 heavy (non-hydrogen) atoms. The summed E-state index contributed by atoms with van der Waals surface area (Å²) in [4.78, 5) is 11.8. The minimum atomic E-state index is 0.0354. The standard InChI is InChI=1S/C15H24N2O2S/c1-11-10-13(16)5-6-14(11)17-15(19)4-3-9-20-12(2)7-8-18/h5-6,10,12,18H,3-4,7-9,16H2,1-2H3,(H,17,19). The van der Waals surface area contributed by atoms with Gasteiger partial charge in [0, 0.05) is 29.7 Å². The summed E-state index contributed by atoms with van der Waals surface area (Å²) in [5.74, 6) is 0.975. The number of amides is 1. The first-order valence-electron chi connectivity index (χ1n) is 6.91. The number of carbonyl (C=O) groups excluding carboxylic acids is 1. The van der Waals surface area contributed by atoms with E-state index in [1.807, 2.05) is 19.1 Å². The largest absolute Gasteiger partial charge is 0.399 e. The van der Waals surface area contributed by atoms with Gasteiger partial charge in [-0.2, -0.15) is 11.8 Å². The second-order valence-electron chi connectivity index (χ2n) is 4.92. The van der Waals surface area contributed by atoms with Crippen LogP contribution >= 0.6 is 11.8 Å². The highest BCUT2D eigenvalue weighted by atomic mass is 32.2. The Labute approximate surface area is 125 Å². The van der Waals surface area contributed by atoms with E-state index >= 15 is 0 Å². The van der Waals surface area contributed by atoms with Gasteiger partial charge in [-0.25, -0.2) is 0 Å². The lowest BCUT2D eigenvalue weighted by molar-refractivity contribution is -0.116. The Balaban J connectivity index is 2.26. The zero-order valence-electron chi connectivity index (χ0n) is 12.2. The second kappa shape index (κ2) is 8.87. The van der Waals surface area contributed by atoms with Crippen molar-refractivity contribution < 1.29 is 9.90 Å². The third-order valence-electron chi connectivity index (χ3n) is 3.01. The van der Waals surface area contributed by atoms with E-state index in [9.17, 15) is 4.79 Å². The molecule has 0 spiro atoms. The number of hydrogen-bond acceptors (Lipinski definition) is 4. The molecule has 5 heteroatoms. The molecule has 1 aromatic rings. The Bertz CT molecular complexity index is 438. The molecular weight excluding hydrogens is 272 g/mol.